The number of nitrogens with zero attached hydrogens (tertiary/aromatic N) is 2. The van der Waals surface area contributed by atoms with E-state index in [-0.39, 0.29) is 18.0 Å². The lowest BCUT2D eigenvalue weighted by Gasteiger charge is -2.29. The minimum absolute atomic E-state index is 0.0274. The maximum Gasteiger partial charge on any atom is 0.433 e. The van der Waals surface area contributed by atoms with Gasteiger partial charge in [0.15, 0.2) is 0 Å². The molecule has 1 atom stereocenters. The fourth-order valence-electron chi connectivity index (χ4n) is 4.02. The Kier molecular flexibility index (Phi) is 7.66. The Morgan fingerprint density at radius 1 is 0.944 bits per heavy atom. The smallest absolute Gasteiger partial charge is 0.433 e. The normalized spacial score (nSPS) is 13.1. The minimum atomic E-state index is -4.95. The van der Waals surface area contributed by atoms with Crippen LogP contribution in [-0.2, 0) is 17.1 Å². The van der Waals surface area contributed by atoms with Crippen molar-refractivity contribution in [1.82, 2.24) is 4.98 Å². The number of carboxylic acid groups (broad SMARTS) is 1. The number of aromatic nitrogens is 1. The van der Waals surface area contributed by atoms with Crippen molar-refractivity contribution in [1.29, 1.82) is 0 Å². The van der Waals surface area contributed by atoms with Gasteiger partial charge < -0.3 is 10.0 Å². The second-order valence-electron chi connectivity index (χ2n) is 8.80. The van der Waals surface area contributed by atoms with Gasteiger partial charge in [0.05, 0.1) is 29.1 Å². The predicted molar refractivity (Wildman–Crippen MR) is 124 cm³/mol. The van der Waals surface area contributed by atoms with Gasteiger partial charge in [-0.15, -0.1) is 0 Å². The second kappa shape index (κ2) is 10.2. The minimum Gasteiger partial charge on any atom is -0.481 e. The molecule has 1 heterocycles. The summed E-state index contributed by atoms with van der Waals surface area (Å²) in [5.74, 6) is -3.07. The van der Waals surface area contributed by atoms with Crippen LogP contribution >= 0.6 is 0 Å². The highest BCUT2D eigenvalue weighted by atomic mass is 19.4. The van der Waals surface area contributed by atoms with Crippen LogP contribution in [0.2, 0.25) is 0 Å². The van der Waals surface area contributed by atoms with Gasteiger partial charge in [0.25, 0.3) is 0 Å². The van der Waals surface area contributed by atoms with Gasteiger partial charge in [-0.25, -0.2) is 4.98 Å². The summed E-state index contributed by atoms with van der Waals surface area (Å²) >= 11 is 0. The third kappa shape index (κ3) is 5.98. The van der Waals surface area contributed by atoms with Crippen molar-refractivity contribution >= 4 is 17.3 Å². The van der Waals surface area contributed by atoms with Crippen molar-refractivity contribution in [2.75, 3.05) is 11.9 Å². The van der Waals surface area contributed by atoms with Gasteiger partial charge in [0.1, 0.15) is 5.69 Å². The topological polar surface area (TPSA) is 53.4 Å². The lowest BCUT2D eigenvalue weighted by Crippen LogP contribution is -2.23. The lowest BCUT2D eigenvalue weighted by atomic mass is 9.84. The van der Waals surface area contributed by atoms with Gasteiger partial charge in [-0.1, -0.05) is 44.2 Å². The monoisotopic (exact) mass is 510 g/mol. The molecular weight excluding hydrogens is 486 g/mol. The first-order valence-corrected chi connectivity index (χ1v) is 11.0. The van der Waals surface area contributed by atoms with E-state index >= 15 is 0 Å². The maximum absolute atomic E-state index is 14.5. The van der Waals surface area contributed by atoms with E-state index in [2.05, 4.69) is 4.98 Å². The van der Waals surface area contributed by atoms with E-state index in [4.69, 9.17) is 0 Å². The third-order valence-electron chi connectivity index (χ3n) is 5.71. The molecule has 0 bridgehead atoms. The fourth-order valence-corrected chi connectivity index (χ4v) is 4.02. The van der Waals surface area contributed by atoms with Gasteiger partial charge >= 0.3 is 18.3 Å². The molecule has 1 aromatic heterocycles. The van der Waals surface area contributed by atoms with E-state index in [1.165, 1.54) is 19.2 Å². The summed E-state index contributed by atoms with van der Waals surface area (Å²) in [7, 11) is 1.27. The molecule has 192 valence electrons. The molecule has 1 unspecified atom stereocenters. The number of benzene rings is 2. The van der Waals surface area contributed by atoms with E-state index in [9.17, 15) is 36.2 Å². The van der Waals surface area contributed by atoms with Crippen LogP contribution in [0, 0.1) is 5.92 Å². The maximum atomic E-state index is 14.5. The molecule has 1 N–H and O–H groups in total. The lowest BCUT2D eigenvalue weighted by molar-refractivity contribution is -0.142. The molecule has 0 spiro atoms. The number of pyridine rings is 1. The van der Waals surface area contributed by atoms with Gasteiger partial charge in [-0.3, -0.25) is 4.79 Å². The summed E-state index contributed by atoms with van der Waals surface area (Å²) in [5.41, 5.74) is -2.27. The molecule has 3 aromatic rings. The molecule has 2 aromatic carbocycles. The molecule has 0 radical (unpaired) electrons. The van der Waals surface area contributed by atoms with Gasteiger partial charge in [0.2, 0.25) is 0 Å². The molecule has 0 amide bonds. The molecule has 3 rings (SSSR count). The number of hydrogen-bond donors (Lipinski definition) is 1. The molecule has 0 aliphatic carbocycles. The number of hydrogen-bond acceptors (Lipinski definition) is 3. The summed E-state index contributed by atoms with van der Waals surface area (Å²) in [6.07, 6.45) is -8.86. The second-order valence-corrected chi connectivity index (χ2v) is 8.80. The Morgan fingerprint density at radius 2 is 1.58 bits per heavy atom. The molecule has 36 heavy (non-hydrogen) atoms. The van der Waals surface area contributed by atoms with Crippen LogP contribution in [0.1, 0.15) is 43.0 Å². The summed E-state index contributed by atoms with van der Waals surface area (Å²) in [5, 5.41) is 9.88. The Bertz CT molecular complexity index is 1210. The number of alkyl halides is 6. The van der Waals surface area contributed by atoms with Crippen molar-refractivity contribution in [2.24, 2.45) is 5.92 Å². The number of carboxylic acids is 1. The Balaban J connectivity index is 2.31. The van der Waals surface area contributed by atoms with Crippen LogP contribution in [0.3, 0.4) is 0 Å². The SMILES string of the molecule is CC(C)CC(C(=O)O)c1cc(-c2ccccc2)cc(N(C)c2ccc(C(F)(F)F)nc2)c1C(F)(F)F. The molecule has 4 nitrogen and oxygen atoms in total. The largest absolute Gasteiger partial charge is 0.481 e. The van der Waals surface area contributed by atoms with Crippen molar-refractivity contribution in [3.63, 3.8) is 0 Å². The highest BCUT2D eigenvalue weighted by Gasteiger charge is 2.41. The Hall–Kier alpha value is -3.56. The van der Waals surface area contributed by atoms with Gasteiger partial charge in [0, 0.05) is 7.05 Å². The number of rotatable bonds is 7. The van der Waals surface area contributed by atoms with Gasteiger partial charge in [-0.05, 0) is 53.3 Å². The van der Waals surface area contributed by atoms with Crippen LogP contribution in [0.25, 0.3) is 11.1 Å². The van der Waals surface area contributed by atoms with Crippen LogP contribution < -0.4 is 4.90 Å². The molecule has 0 saturated carbocycles. The van der Waals surface area contributed by atoms with E-state index in [0.29, 0.717) is 17.2 Å². The van der Waals surface area contributed by atoms with Crippen molar-refractivity contribution in [2.45, 2.75) is 38.5 Å². The standard InChI is InChI=1S/C26H24F6N2O2/c1-15(2)11-20(24(35)36)19-12-17(16-7-5-4-6-8-16)13-21(23(19)26(30,31)32)34(3)18-9-10-22(33-14-18)25(27,28)29/h4-10,12-15,20H,11H2,1-3H3,(H,35,36). The van der Waals surface area contributed by atoms with E-state index in [1.807, 2.05) is 0 Å². The summed E-state index contributed by atoms with van der Waals surface area (Å²) in [6, 6.07) is 12.7. The number of halogens is 6. The molecule has 0 aliphatic heterocycles. The van der Waals surface area contributed by atoms with E-state index in [1.54, 1.807) is 44.2 Å². The highest BCUT2D eigenvalue weighted by Crippen LogP contribution is 2.46. The zero-order valence-electron chi connectivity index (χ0n) is 19.7. The molecule has 0 saturated heterocycles. The first-order valence-electron chi connectivity index (χ1n) is 11.0. The van der Waals surface area contributed by atoms with Crippen LogP contribution in [0.15, 0.2) is 60.8 Å². The first kappa shape index (κ1) is 27.0. The average molecular weight is 510 g/mol. The Labute approximate surface area is 204 Å². The highest BCUT2D eigenvalue weighted by molar-refractivity contribution is 5.82. The van der Waals surface area contributed by atoms with Crippen LogP contribution in [0.5, 0.6) is 0 Å². The van der Waals surface area contributed by atoms with E-state index < -0.39 is 46.7 Å². The Morgan fingerprint density at radius 3 is 2.06 bits per heavy atom. The first-order chi connectivity index (χ1) is 16.7. The molecule has 10 heteroatoms. The molecule has 0 aliphatic rings. The van der Waals surface area contributed by atoms with Gasteiger partial charge in [-0.2, -0.15) is 26.3 Å². The zero-order chi connectivity index (χ0) is 26.8. The summed E-state index contributed by atoms with van der Waals surface area (Å²) in [6.45, 7) is 3.43. The molecule has 0 fully saturated rings. The number of carbonyl (C=O) groups is 1. The third-order valence-corrected chi connectivity index (χ3v) is 5.71. The van der Waals surface area contributed by atoms with Crippen LogP contribution in [-0.4, -0.2) is 23.1 Å². The number of anilines is 2. The molecular formula is C26H24F6N2O2. The van der Waals surface area contributed by atoms with E-state index in [0.717, 1.165) is 17.2 Å². The number of aliphatic carboxylic acids is 1. The van der Waals surface area contributed by atoms with Crippen molar-refractivity contribution < 1.29 is 36.2 Å². The van der Waals surface area contributed by atoms with Crippen LogP contribution in [0.4, 0.5) is 37.7 Å². The predicted octanol–water partition coefficient (Wildman–Crippen LogP) is 7.77. The summed E-state index contributed by atoms with van der Waals surface area (Å²) in [4.78, 5) is 16.6. The zero-order valence-corrected chi connectivity index (χ0v) is 19.7. The average Bonchev–Trinajstić information content (AvgIpc) is 2.80. The fraction of sp³-hybridized carbons (Fsp3) is 0.308. The summed E-state index contributed by atoms with van der Waals surface area (Å²) < 4.78 is 82.4. The van der Waals surface area contributed by atoms with Crippen molar-refractivity contribution in [3.8, 4) is 11.1 Å². The quantitative estimate of drug-likeness (QED) is 0.330. The van der Waals surface area contributed by atoms with Crippen molar-refractivity contribution in [3.05, 3.63) is 77.6 Å².